The summed E-state index contributed by atoms with van der Waals surface area (Å²) in [7, 11) is 1.59. The average molecular weight is 449 g/mol. The Morgan fingerprint density at radius 2 is 1.91 bits per heavy atom. The summed E-state index contributed by atoms with van der Waals surface area (Å²) in [6.07, 6.45) is 4.74. The SMILES string of the molecule is COc1cccc(OCC(=O)Nc2cc(C)nn2-c2nc3cc4c(cc3s2)CCCC4)c1. The number of anilines is 1. The lowest BCUT2D eigenvalue weighted by molar-refractivity contribution is -0.118. The van der Waals surface area contributed by atoms with Crippen molar-refractivity contribution in [2.45, 2.75) is 32.6 Å². The second-order valence-corrected chi connectivity index (χ2v) is 8.90. The van der Waals surface area contributed by atoms with Gasteiger partial charge in [0.1, 0.15) is 17.3 Å². The van der Waals surface area contributed by atoms with Crippen molar-refractivity contribution in [2.24, 2.45) is 0 Å². The fourth-order valence-electron chi connectivity index (χ4n) is 3.99. The molecule has 0 saturated heterocycles. The number of aryl methyl sites for hydroxylation is 3. The van der Waals surface area contributed by atoms with Crippen LogP contribution in [0, 0.1) is 6.92 Å². The Morgan fingerprint density at radius 3 is 2.72 bits per heavy atom. The molecule has 2 aromatic heterocycles. The molecule has 2 aromatic carbocycles. The van der Waals surface area contributed by atoms with Crippen LogP contribution in [0.25, 0.3) is 15.3 Å². The monoisotopic (exact) mass is 448 g/mol. The number of ether oxygens (including phenoxy) is 2. The van der Waals surface area contributed by atoms with Gasteiger partial charge in [-0.05, 0) is 68.0 Å². The quantitative estimate of drug-likeness (QED) is 0.463. The molecule has 0 saturated carbocycles. The second-order valence-electron chi connectivity index (χ2n) is 7.89. The zero-order valence-corrected chi connectivity index (χ0v) is 18.9. The standard InChI is InChI=1S/C24H24N4O3S/c1-15-10-22(26-23(29)14-31-19-9-5-8-18(13-19)30-2)28(27-15)24-25-20-11-16-6-3-4-7-17(16)12-21(20)32-24/h5,8-13H,3-4,6-7,14H2,1-2H3,(H,26,29). The van der Waals surface area contributed by atoms with Crippen LogP contribution in [-0.4, -0.2) is 34.4 Å². The molecule has 0 fully saturated rings. The molecule has 0 atom stereocenters. The third-order valence-electron chi connectivity index (χ3n) is 5.53. The normalized spacial score (nSPS) is 13.1. The molecule has 1 aliphatic rings. The van der Waals surface area contributed by atoms with Gasteiger partial charge in [-0.15, -0.1) is 0 Å². The Bertz CT molecular complexity index is 1250. The Morgan fingerprint density at radius 1 is 1.12 bits per heavy atom. The number of nitrogens with zero attached hydrogens (tertiary/aromatic N) is 3. The molecule has 0 aliphatic heterocycles. The Labute approximate surface area is 190 Å². The number of nitrogens with one attached hydrogen (secondary N) is 1. The minimum absolute atomic E-state index is 0.121. The minimum atomic E-state index is -0.273. The van der Waals surface area contributed by atoms with Gasteiger partial charge in [-0.2, -0.15) is 9.78 Å². The molecule has 0 bridgehead atoms. The first-order valence-corrected chi connectivity index (χ1v) is 11.5. The first-order valence-electron chi connectivity index (χ1n) is 10.6. The van der Waals surface area contributed by atoms with Crippen molar-refractivity contribution in [1.29, 1.82) is 0 Å². The molecule has 4 aromatic rings. The summed E-state index contributed by atoms with van der Waals surface area (Å²) >= 11 is 1.58. The molecule has 2 heterocycles. The van der Waals surface area contributed by atoms with E-state index in [1.807, 2.05) is 25.1 Å². The molecule has 1 N–H and O–H groups in total. The number of fused-ring (bicyclic) bond motifs is 2. The van der Waals surface area contributed by atoms with Crippen LogP contribution in [0.5, 0.6) is 11.5 Å². The van der Waals surface area contributed by atoms with Crippen molar-refractivity contribution in [3.05, 3.63) is 59.3 Å². The number of hydrogen-bond donors (Lipinski definition) is 1. The molecule has 0 unspecified atom stereocenters. The topological polar surface area (TPSA) is 78.3 Å². The molecule has 0 radical (unpaired) electrons. The van der Waals surface area contributed by atoms with Crippen LogP contribution in [0.15, 0.2) is 42.5 Å². The average Bonchev–Trinajstić information content (AvgIpc) is 3.38. The number of thiazole rings is 1. The Balaban J connectivity index is 1.35. The van der Waals surface area contributed by atoms with Crippen LogP contribution in [-0.2, 0) is 17.6 Å². The highest BCUT2D eigenvalue weighted by Crippen LogP contribution is 2.32. The van der Waals surface area contributed by atoms with E-state index < -0.39 is 0 Å². The molecule has 8 heteroatoms. The summed E-state index contributed by atoms with van der Waals surface area (Å²) in [5.74, 6) is 1.55. The van der Waals surface area contributed by atoms with E-state index in [-0.39, 0.29) is 12.5 Å². The van der Waals surface area contributed by atoms with Gasteiger partial charge < -0.3 is 14.8 Å². The summed E-state index contributed by atoms with van der Waals surface area (Å²) in [6, 6.07) is 13.5. The van der Waals surface area contributed by atoms with E-state index in [2.05, 4.69) is 22.5 Å². The molecule has 1 amide bonds. The van der Waals surface area contributed by atoms with E-state index in [1.165, 1.54) is 24.0 Å². The summed E-state index contributed by atoms with van der Waals surface area (Å²) in [6.45, 7) is 1.77. The molecule has 164 valence electrons. The van der Waals surface area contributed by atoms with Crippen molar-refractivity contribution in [3.63, 3.8) is 0 Å². The van der Waals surface area contributed by atoms with Crippen LogP contribution in [0.3, 0.4) is 0 Å². The second kappa shape index (κ2) is 8.63. The molecule has 0 spiro atoms. The summed E-state index contributed by atoms with van der Waals surface area (Å²) < 4.78 is 13.6. The lowest BCUT2D eigenvalue weighted by Crippen LogP contribution is -2.21. The molecule has 32 heavy (non-hydrogen) atoms. The predicted octanol–water partition coefficient (Wildman–Crippen LogP) is 4.70. The molecule has 1 aliphatic carbocycles. The highest BCUT2D eigenvalue weighted by molar-refractivity contribution is 7.20. The summed E-state index contributed by atoms with van der Waals surface area (Å²) in [4.78, 5) is 17.4. The van der Waals surface area contributed by atoms with Gasteiger partial charge in [-0.25, -0.2) is 4.98 Å². The molecule has 5 rings (SSSR count). The highest BCUT2D eigenvalue weighted by atomic mass is 32.1. The number of hydrogen-bond acceptors (Lipinski definition) is 6. The summed E-state index contributed by atoms with van der Waals surface area (Å²) in [5.41, 5.74) is 4.62. The van der Waals surface area contributed by atoms with Gasteiger partial charge >= 0.3 is 0 Å². The smallest absolute Gasteiger partial charge is 0.263 e. The zero-order valence-electron chi connectivity index (χ0n) is 18.1. The van der Waals surface area contributed by atoms with Gasteiger partial charge in [-0.3, -0.25) is 4.79 Å². The highest BCUT2D eigenvalue weighted by Gasteiger charge is 2.17. The number of methoxy groups -OCH3 is 1. The first-order chi connectivity index (χ1) is 15.6. The van der Waals surface area contributed by atoms with E-state index in [1.54, 1.807) is 35.3 Å². The molecule has 7 nitrogen and oxygen atoms in total. The van der Waals surface area contributed by atoms with Gasteiger partial charge in [-0.1, -0.05) is 17.4 Å². The van der Waals surface area contributed by atoms with Crippen LogP contribution < -0.4 is 14.8 Å². The van der Waals surface area contributed by atoms with Crippen molar-refractivity contribution in [3.8, 4) is 16.6 Å². The van der Waals surface area contributed by atoms with E-state index in [4.69, 9.17) is 14.5 Å². The fourth-order valence-corrected chi connectivity index (χ4v) is 4.96. The third-order valence-corrected chi connectivity index (χ3v) is 6.53. The Kier molecular flexibility index (Phi) is 5.53. The number of aromatic nitrogens is 3. The van der Waals surface area contributed by atoms with Crippen LogP contribution >= 0.6 is 11.3 Å². The van der Waals surface area contributed by atoms with E-state index in [0.717, 1.165) is 33.9 Å². The van der Waals surface area contributed by atoms with Gasteiger partial charge in [0.05, 0.1) is 23.0 Å². The van der Waals surface area contributed by atoms with Gasteiger partial charge in [0.15, 0.2) is 6.61 Å². The van der Waals surface area contributed by atoms with Gasteiger partial charge in [0, 0.05) is 12.1 Å². The first kappa shape index (κ1) is 20.5. The largest absolute Gasteiger partial charge is 0.497 e. The zero-order chi connectivity index (χ0) is 22.1. The van der Waals surface area contributed by atoms with E-state index >= 15 is 0 Å². The van der Waals surface area contributed by atoms with Crippen molar-refractivity contribution in [1.82, 2.24) is 14.8 Å². The van der Waals surface area contributed by atoms with Crippen LogP contribution in [0.2, 0.25) is 0 Å². The fraction of sp³-hybridized carbons (Fsp3) is 0.292. The number of carbonyl (C=O) groups is 1. The maximum Gasteiger partial charge on any atom is 0.263 e. The molecular weight excluding hydrogens is 424 g/mol. The van der Waals surface area contributed by atoms with Crippen molar-refractivity contribution < 1.29 is 14.3 Å². The van der Waals surface area contributed by atoms with Crippen LogP contribution in [0.1, 0.15) is 29.7 Å². The maximum absolute atomic E-state index is 12.6. The maximum atomic E-state index is 12.6. The lowest BCUT2D eigenvalue weighted by Gasteiger charge is -2.14. The lowest BCUT2D eigenvalue weighted by atomic mass is 9.92. The minimum Gasteiger partial charge on any atom is -0.497 e. The Hall–Kier alpha value is -3.39. The predicted molar refractivity (Wildman–Crippen MR) is 125 cm³/mol. The number of rotatable bonds is 6. The number of benzene rings is 2. The third kappa shape index (κ3) is 4.18. The van der Waals surface area contributed by atoms with E-state index in [0.29, 0.717) is 17.3 Å². The van der Waals surface area contributed by atoms with Crippen molar-refractivity contribution >= 4 is 33.3 Å². The van der Waals surface area contributed by atoms with Crippen molar-refractivity contribution in [2.75, 3.05) is 19.0 Å². The van der Waals surface area contributed by atoms with Crippen LogP contribution in [0.4, 0.5) is 5.82 Å². The van der Waals surface area contributed by atoms with Gasteiger partial charge in [0.2, 0.25) is 5.13 Å². The number of amides is 1. The molecular formula is C24H24N4O3S. The summed E-state index contributed by atoms with van der Waals surface area (Å²) in [5, 5.41) is 8.20. The van der Waals surface area contributed by atoms with Gasteiger partial charge in [0.25, 0.3) is 5.91 Å². The van der Waals surface area contributed by atoms with E-state index in [9.17, 15) is 4.79 Å². The number of carbonyl (C=O) groups excluding carboxylic acids is 1.